The van der Waals surface area contributed by atoms with Crippen LogP contribution in [0.1, 0.15) is 56.0 Å². The van der Waals surface area contributed by atoms with E-state index in [4.69, 9.17) is 0 Å². The monoisotopic (exact) mass is 445 g/mol. The van der Waals surface area contributed by atoms with Gasteiger partial charge in [0.05, 0.1) is 12.2 Å². The number of hydrogen-bond acceptors (Lipinski definition) is 6. The van der Waals surface area contributed by atoms with Crippen LogP contribution < -0.4 is 15.6 Å². The lowest BCUT2D eigenvalue weighted by atomic mass is 9.91. The number of aromatic nitrogens is 4. The van der Waals surface area contributed by atoms with Gasteiger partial charge in [-0.1, -0.05) is 20.3 Å². The van der Waals surface area contributed by atoms with Crippen molar-refractivity contribution in [2.24, 2.45) is 0 Å². The van der Waals surface area contributed by atoms with Crippen LogP contribution in [0, 0.1) is 6.92 Å². The van der Waals surface area contributed by atoms with Gasteiger partial charge in [-0.15, -0.1) is 0 Å². The summed E-state index contributed by atoms with van der Waals surface area (Å²) in [5, 5.41) is 3.29. The fourth-order valence-corrected chi connectivity index (χ4v) is 3.70. The number of halogens is 2. The van der Waals surface area contributed by atoms with Crippen LogP contribution in [0.3, 0.4) is 0 Å². The average Bonchev–Trinajstić information content (AvgIpc) is 2.77. The zero-order valence-electron chi connectivity index (χ0n) is 18.6. The molecule has 3 aromatic rings. The van der Waals surface area contributed by atoms with Crippen molar-refractivity contribution < 1.29 is 13.5 Å². The molecule has 9 heteroatoms. The molecule has 1 saturated heterocycles. The molecule has 0 aromatic carbocycles. The Bertz CT molecular complexity index is 1100. The molecule has 0 spiro atoms. The van der Waals surface area contributed by atoms with Gasteiger partial charge in [0, 0.05) is 18.0 Å². The summed E-state index contributed by atoms with van der Waals surface area (Å²) in [6.45, 7) is 4.71. The second kappa shape index (κ2) is 11.1. The molecule has 0 saturated carbocycles. The number of ether oxygens (including phenoxy) is 1. The maximum atomic E-state index is 13.4. The van der Waals surface area contributed by atoms with E-state index in [9.17, 15) is 13.6 Å². The minimum Gasteiger partial charge on any atom is -0.433 e. The predicted octanol–water partition coefficient (Wildman–Crippen LogP) is 4.03. The van der Waals surface area contributed by atoms with Crippen LogP contribution in [0.2, 0.25) is 0 Å². The molecule has 0 amide bonds. The van der Waals surface area contributed by atoms with E-state index >= 15 is 0 Å². The van der Waals surface area contributed by atoms with E-state index in [1.165, 1.54) is 29.3 Å². The van der Waals surface area contributed by atoms with Gasteiger partial charge in [0.1, 0.15) is 17.0 Å². The van der Waals surface area contributed by atoms with E-state index in [2.05, 4.69) is 38.9 Å². The first-order valence-corrected chi connectivity index (χ1v) is 10.9. The van der Waals surface area contributed by atoms with Crippen molar-refractivity contribution in [3.63, 3.8) is 0 Å². The van der Waals surface area contributed by atoms with E-state index in [1.807, 2.05) is 6.07 Å². The fourth-order valence-electron chi connectivity index (χ4n) is 3.70. The van der Waals surface area contributed by atoms with Crippen molar-refractivity contribution in [1.29, 1.82) is 0 Å². The van der Waals surface area contributed by atoms with Crippen molar-refractivity contribution in [2.75, 3.05) is 13.1 Å². The highest BCUT2D eigenvalue weighted by Gasteiger charge is 2.22. The highest BCUT2D eigenvalue weighted by atomic mass is 19.3. The van der Waals surface area contributed by atoms with Gasteiger partial charge in [0.2, 0.25) is 0 Å². The Kier molecular flexibility index (Phi) is 8.21. The lowest BCUT2D eigenvalue weighted by molar-refractivity contribution is -0.0507. The van der Waals surface area contributed by atoms with Crippen molar-refractivity contribution >= 4 is 11.2 Å². The first-order valence-electron chi connectivity index (χ1n) is 10.9. The van der Waals surface area contributed by atoms with Crippen molar-refractivity contribution in [3.8, 4) is 5.75 Å². The number of hydrogen-bond donors (Lipinski definition) is 1. The Labute approximate surface area is 185 Å². The highest BCUT2D eigenvalue weighted by Crippen LogP contribution is 2.25. The Hall–Kier alpha value is -2.94. The zero-order chi connectivity index (χ0) is 23.1. The number of pyridine rings is 2. The molecule has 0 radical (unpaired) electrons. The average molecular weight is 446 g/mol. The van der Waals surface area contributed by atoms with Gasteiger partial charge in [-0.3, -0.25) is 19.3 Å². The van der Waals surface area contributed by atoms with Crippen LogP contribution in [-0.2, 0) is 6.54 Å². The number of nitrogens with one attached hydrogen (secondary N) is 1. The molecular weight excluding hydrogens is 416 g/mol. The summed E-state index contributed by atoms with van der Waals surface area (Å²) in [4.78, 5) is 26.5. The topological polar surface area (TPSA) is 81.9 Å². The van der Waals surface area contributed by atoms with Gasteiger partial charge in [-0.2, -0.15) is 8.78 Å². The zero-order valence-corrected chi connectivity index (χ0v) is 18.6. The minimum atomic E-state index is -2.98. The third kappa shape index (κ3) is 5.64. The van der Waals surface area contributed by atoms with Crippen molar-refractivity contribution in [2.45, 2.75) is 59.1 Å². The summed E-state index contributed by atoms with van der Waals surface area (Å²) >= 11 is 0. The molecule has 1 N–H and O–H groups in total. The third-order valence-corrected chi connectivity index (χ3v) is 5.09. The normalized spacial score (nSPS) is 14.3. The Morgan fingerprint density at radius 1 is 1.25 bits per heavy atom. The standard InChI is InChI=1S/C20H21F2N5O2.C3H8/c1-12-10-25-15-9-14(13-4-7-23-8-5-13)19(28)27(18(15)26-12)11-16-17(29-20(21)22)3-2-6-24-16;1-3-2/h2-3,6,9-10,13,20,23H,4-5,7-8,11H2,1H3;3H2,1-2H3. The van der Waals surface area contributed by atoms with Gasteiger partial charge in [-0.25, -0.2) is 4.98 Å². The van der Waals surface area contributed by atoms with Crippen LogP contribution in [0.25, 0.3) is 11.2 Å². The summed E-state index contributed by atoms with van der Waals surface area (Å²) < 4.78 is 31.6. The number of piperidine rings is 1. The van der Waals surface area contributed by atoms with Crippen LogP contribution in [0.5, 0.6) is 5.75 Å². The van der Waals surface area contributed by atoms with Crippen LogP contribution in [0.4, 0.5) is 8.78 Å². The maximum absolute atomic E-state index is 13.4. The summed E-state index contributed by atoms with van der Waals surface area (Å²) in [5.74, 6) is 0.0541. The molecule has 0 atom stereocenters. The van der Waals surface area contributed by atoms with Gasteiger partial charge >= 0.3 is 6.61 Å². The maximum Gasteiger partial charge on any atom is 0.387 e. The molecule has 1 aliphatic heterocycles. The Balaban J connectivity index is 0.000000913. The molecule has 0 bridgehead atoms. The van der Waals surface area contributed by atoms with E-state index in [0.717, 1.165) is 25.9 Å². The summed E-state index contributed by atoms with van der Waals surface area (Å²) in [6.07, 6.45) is 6.08. The molecule has 32 heavy (non-hydrogen) atoms. The first kappa shape index (κ1) is 23.7. The van der Waals surface area contributed by atoms with E-state index < -0.39 is 6.61 Å². The number of nitrogens with zero attached hydrogens (tertiary/aromatic N) is 4. The van der Waals surface area contributed by atoms with Gasteiger partial charge < -0.3 is 10.1 Å². The molecule has 0 aliphatic carbocycles. The number of fused-ring (bicyclic) bond motifs is 1. The highest BCUT2D eigenvalue weighted by molar-refractivity contribution is 5.71. The van der Waals surface area contributed by atoms with Crippen LogP contribution >= 0.6 is 0 Å². The molecule has 1 fully saturated rings. The molecule has 7 nitrogen and oxygen atoms in total. The minimum absolute atomic E-state index is 0.0326. The summed E-state index contributed by atoms with van der Waals surface area (Å²) in [5.41, 5.74) is 2.37. The molecule has 4 rings (SSSR count). The smallest absolute Gasteiger partial charge is 0.387 e. The largest absolute Gasteiger partial charge is 0.433 e. The van der Waals surface area contributed by atoms with Gasteiger partial charge in [0.15, 0.2) is 5.65 Å². The number of aryl methyl sites for hydroxylation is 1. The van der Waals surface area contributed by atoms with E-state index in [0.29, 0.717) is 22.4 Å². The SMILES string of the molecule is CCC.Cc1cnc2cc(C3CCNCC3)c(=O)n(Cc3ncccc3OC(F)F)c2n1. The molecular formula is C23H29F2N5O2. The van der Waals surface area contributed by atoms with Gasteiger partial charge in [-0.05, 0) is 57.0 Å². The molecule has 172 valence electrons. The van der Waals surface area contributed by atoms with Crippen molar-refractivity contribution in [3.05, 3.63) is 57.9 Å². The molecule has 3 aromatic heterocycles. The Morgan fingerprint density at radius 2 is 1.97 bits per heavy atom. The van der Waals surface area contributed by atoms with Crippen molar-refractivity contribution in [1.82, 2.24) is 24.8 Å². The second-order valence-electron chi connectivity index (χ2n) is 7.77. The van der Waals surface area contributed by atoms with Crippen LogP contribution in [0.15, 0.2) is 35.4 Å². The van der Waals surface area contributed by atoms with E-state index in [-0.39, 0.29) is 29.5 Å². The number of alkyl halides is 2. The van der Waals surface area contributed by atoms with E-state index in [1.54, 1.807) is 13.1 Å². The Morgan fingerprint density at radius 3 is 2.66 bits per heavy atom. The lowest BCUT2D eigenvalue weighted by Crippen LogP contribution is -2.32. The lowest BCUT2D eigenvalue weighted by Gasteiger charge is -2.23. The second-order valence-corrected chi connectivity index (χ2v) is 7.77. The first-order chi connectivity index (χ1) is 15.4. The summed E-state index contributed by atoms with van der Waals surface area (Å²) in [7, 11) is 0. The number of rotatable bonds is 5. The fraction of sp³-hybridized carbons (Fsp3) is 0.478. The third-order valence-electron chi connectivity index (χ3n) is 5.09. The molecule has 0 unspecified atom stereocenters. The summed E-state index contributed by atoms with van der Waals surface area (Å²) in [6, 6.07) is 4.73. The van der Waals surface area contributed by atoms with Gasteiger partial charge in [0.25, 0.3) is 5.56 Å². The quantitative estimate of drug-likeness (QED) is 0.639. The molecule has 4 heterocycles. The molecule has 1 aliphatic rings. The predicted molar refractivity (Wildman–Crippen MR) is 119 cm³/mol. The van der Waals surface area contributed by atoms with Crippen LogP contribution in [-0.4, -0.2) is 39.2 Å².